The number of benzene rings is 1. The number of hydrogen-bond acceptors (Lipinski definition) is 4. The smallest absolute Gasteiger partial charge is 0.156 e. The summed E-state index contributed by atoms with van der Waals surface area (Å²) in [6.07, 6.45) is 1.40. The number of nitrogens with zero attached hydrogens (tertiary/aromatic N) is 2. The summed E-state index contributed by atoms with van der Waals surface area (Å²) in [5.74, 6) is 0. The fourth-order valence-corrected chi connectivity index (χ4v) is 2.62. The average molecular weight is 317 g/mol. The number of nitrogen functional groups attached to an aromatic ring is 1. The summed E-state index contributed by atoms with van der Waals surface area (Å²) in [6, 6.07) is 7.84. The topological polar surface area (TPSA) is 51.8 Å². The van der Waals surface area contributed by atoms with E-state index < -0.39 is 0 Å². The first-order valence-corrected chi connectivity index (χ1v) is 6.35. The number of aromatic nitrogens is 2. The molecule has 1 aromatic heterocycles. The van der Waals surface area contributed by atoms with Crippen LogP contribution in [0.2, 0.25) is 5.15 Å². The zero-order valence-electron chi connectivity index (χ0n) is 8.02. The molecule has 0 fully saturated rings. The van der Waals surface area contributed by atoms with Gasteiger partial charge in [0.15, 0.2) is 5.15 Å². The largest absolute Gasteiger partial charge is 0.394 e. The quantitative estimate of drug-likeness (QED) is 0.860. The van der Waals surface area contributed by atoms with E-state index in [4.69, 9.17) is 17.3 Å². The van der Waals surface area contributed by atoms with Gasteiger partial charge in [0.2, 0.25) is 0 Å². The van der Waals surface area contributed by atoms with Crippen molar-refractivity contribution < 1.29 is 0 Å². The van der Waals surface area contributed by atoms with E-state index in [1.54, 1.807) is 0 Å². The highest BCUT2D eigenvalue weighted by molar-refractivity contribution is 9.10. The van der Waals surface area contributed by atoms with E-state index >= 15 is 0 Å². The van der Waals surface area contributed by atoms with Crippen molar-refractivity contribution in [3.63, 3.8) is 0 Å². The molecular weight excluding hydrogens is 310 g/mol. The van der Waals surface area contributed by atoms with Gasteiger partial charge in [0, 0.05) is 9.37 Å². The van der Waals surface area contributed by atoms with Crippen molar-refractivity contribution in [3.05, 3.63) is 40.2 Å². The van der Waals surface area contributed by atoms with Crippen molar-refractivity contribution in [2.75, 3.05) is 5.73 Å². The van der Waals surface area contributed by atoms with Crippen LogP contribution in [0.3, 0.4) is 0 Å². The second kappa shape index (κ2) is 5.03. The first-order valence-electron chi connectivity index (χ1n) is 4.37. The second-order valence-electron chi connectivity index (χ2n) is 2.92. The van der Waals surface area contributed by atoms with E-state index in [1.807, 2.05) is 24.3 Å². The van der Waals surface area contributed by atoms with E-state index in [1.165, 1.54) is 18.1 Å². The zero-order valence-corrected chi connectivity index (χ0v) is 11.2. The van der Waals surface area contributed by atoms with Crippen LogP contribution in [-0.4, -0.2) is 9.97 Å². The molecule has 2 rings (SSSR count). The Bertz CT molecular complexity index is 521. The summed E-state index contributed by atoms with van der Waals surface area (Å²) >= 11 is 10.7. The molecule has 2 N–H and O–H groups in total. The standard InChI is InChI=1S/C10H7BrClN3S/c11-6-3-1-2-4-7(6)16-10-8(13)9(12)14-5-15-10/h1-5H,13H2. The molecule has 82 valence electrons. The molecule has 16 heavy (non-hydrogen) atoms. The molecule has 2 aromatic rings. The molecule has 1 heterocycles. The van der Waals surface area contributed by atoms with Crippen LogP contribution in [0.15, 0.2) is 45.0 Å². The summed E-state index contributed by atoms with van der Waals surface area (Å²) < 4.78 is 0.995. The van der Waals surface area contributed by atoms with Gasteiger partial charge in [0.05, 0.1) is 0 Å². The van der Waals surface area contributed by atoms with E-state index in [0.29, 0.717) is 10.7 Å². The van der Waals surface area contributed by atoms with Crippen LogP contribution < -0.4 is 5.73 Å². The van der Waals surface area contributed by atoms with E-state index in [-0.39, 0.29) is 5.15 Å². The van der Waals surface area contributed by atoms with Crippen molar-refractivity contribution in [2.45, 2.75) is 9.92 Å². The van der Waals surface area contributed by atoms with Crippen molar-refractivity contribution >= 4 is 45.0 Å². The average Bonchev–Trinajstić information content (AvgIpc) is 2.28. The van der Waals surface area contributed by atoms with Crippen LogP contribution in [-0.2, 0) is 0 Å². The van der Waals surface area contributed by atoms with E-state index in [0.717, 1.165) is 9.37 Å². The van der Waals surface area contributed by atoms with Gasteiger partial charge in [-0.2, -0.15) is 0 Å². The maximum absolute atomic E-state index is 5.82. The predicted octanol–water partition coefficient (Wildman–Crippen LogP) is 3.63. The minimum Gasteiger partial charge on any atom is -0.394 e. The minimum absolute atomic E-state index is 0.282. The molecule has 0 aliphatic rings. The van der Waals surface area contributed by atoms with E-state index in [9.17, 15) is 0 Å². The molecule has 0 bridgehead atoms. The molecule has 0 atom stereocenters. The monoisotopic (exact) mass is 315 g/mol. The molecule has 0 saturated carbocycles. The fraction of sp³-hybridized carbons (Fsp3) is 0. The Balaban J connectivity index is 2.35. The van der Waals surface area contributed by atoms with Gasteiger partial charge < -0.3 is 5.73 Å². The van der Waals surface area contributed by atoms with Crippen molar-refractivity contribution in [1.29, 1.82) is 0 Å². The molecule has 0 amide bonds. The van der Waals surface area contributed by atoms with Crippen molar-refractivity contribution in [3.8, 4) is 0 Å². The van der Waals surface area contributed by atoms with Crippen LogP contribution in [0.4, 0.5) is 5.69 Å². The molecule has 0 radical (unpaired) electrons. The van der Waals surface area contributed by atoms with Gasteiger partial charge in [0.25, 0.3) is 0 Å². The van der Waals surface area contributed by atoms with Gasteiger partial charge in [-0.05, 0) is 28.1 Å². The lowest BCUT2D eigenvalue weighted by Gasteiger charge is -2.06. The van der Waals surface area contributed by atoms with Crippen LogP contribution in [0.5, 0.6) is 0 Å². The lowest BCUT2D eigenvalue weighted by molar-refractivity contribution is 1.06. The molecule has 0 spiro atoms. The van der Waals surface area contributed by atoms with Gasteiger partial charge >= 0.3 is 0 Å². The third kappa shape index (κ3) is 2.48. The highest BCUT2D eigenvalue weighted by Crippen LogP contribution is 2.36. The Kier molecular flexibility index (Phi) is 3.68. The molecule has 0 unspecified atom stereocenters. The fourth-order valence-electron chi connectivity index (χ4n) is 1.07. The van der Waals surface area contributed by atoms with Gasteiger partial charge in [-0.3, -0.25) is 0 Å². The summed E-state index contributed by atoms with van der Waals surface area (Å²) in [7, 11) is 0. The first-order chi connectivity index (χ1) is 7.68. The number of anilines is 1. The van der Waals surface area contributed by atoms with Gasteiger partial charge in [-0.1, -0.05) is 35.5 Å². The van der Waals surface area contributed by atoms with Crippen LogP contribution in [0.25, 0.3) is 0 Å². The lowest BCUT2D eigenvalue weighted by atomic mass is 10.4. The third-order valence-corrected chi connectivity index (χ3v) is 4.19. The van der Waals surface area contributed by atoms with Gasteiger partial charge in [-0.25, -0.2) is 9.97 Å². The van der Waals surface area contributed by atoms with E-state index in [2.05, 4.69) is 25.9 Å². The van der Waals surface area contributed by atoms with Crippen molar-refractivity contribution in [2.24, 2.45) is 0 Å². The summed E-state index contributed by atoms with van der Waals surface area (Å²) in [6.45, 7) is 0. The maximum Gasteiger partial charge on any atom is 0.156 e. The Morgan fingerprint density at radius 1 is 1.25 bits per heavy atom. The molecule has 1 aromatic carbocycles. The third-order valence-electron chi connectivity index (χ3n) is 1.84. The zero-order chi connectivity index (χ0) is 11.5. The van der Waals surface area contributed by atoms with Gasteiger partial charge in [-0.15, -0.1) is 0 Å². The highest BCUT2D eigenvalue weighted by Gasteiger charge is 2.09. The predicted molar refractivity (Wildman–Crippen MR) is 69.7 cm³/mol. The Hall–Kier alpha value is -0.780. The normalized spacial score (nSPS) is 10.4. The summed E-state index contributed by atoms with van der Waals surface area (Å²) in [4.78, 5) is 8.94. The lowest BCUT2D eigenvalue weighted by Crippen LogP contribution is -1.95. The molecule has 0 aliphatic carbocycles. The Morgan fingerprint density at radius 2 is 2.00 bits per heavy atom. The maximum atomic E-state index is 5.82. The molecule has 0 aliphatic heterocycles. The summed E-state index contributed by atoms with van der Waals surface area (Å²) in [5.41, 5.74) is 6.19. The number of halogens is 2. The number of hydrogen-bond donors (Lipinski definition) is 1. The summed E-state index contributed by atoms with van der Waals surface area (Å²) in [5, 5.41) is 0.941. The number of rotatable bonds is 2. The van der Waals surface area contributed by atoms with Crippen LogP contribution >= 0.6 is 39.3 Å². The van der Waals surface area contributed by atoms with Gasteiger partial charge in [0.1, 0.15) is 17.0 Å². The molecule has 6 heteroatoms. The number of nitrogens with two attached hydrogens (primary N) is 1. The molecular formula is C10H7BrClN3S. The van der Waals surface area contributed by atoms with Crippen molar-refractivity contribution in [1.82, 2.24) is 9.97 Å². The first kappa shape index (κ1) is 11.7. The molecule has 0 saturated heterocycles. The SMILES string of the molecule is Nc1c(Cl)ncnc1Sc1ccccc1Br. The Labute approximate surface area is 111 Å². The molecule has 3 nitrogen and oxygen atoms in total. The van der Waals surface area contributed by atoms with Crippen LogP contribution in [0.1, 0.15) is 0 Å². The second-order valence-corrected chi connectivity index (χ2v) is 5.16. The van der Waals surface area contributed by atoms with Crippen LogP contribution in [0, 0.1) is 0 Å². The minimum atomic E-state index is 0.282. The Morgan fingerprint density at radius 3 is 2.75 bits per heavy atom. The highest BCUT2D eigenvalue weighted by atomic mass is 79.9.